The minimum absolute atomic E-state index is 0.142. The Balaban J connectivity index is 1.95. The monoisotopic (exact) mass is 249 g/mol. The fourth-order valence-corrected chi connectivity index (χ4v) is 2.34. The van der Waals surface area contributed by atoms with E-state index in [9.17, 15) is 10.1 Å². The molecule has 1 aliphatic rings. The fraction of sp³-hybridized carbons (Fsp3) is 0.538. The van der Waals surface area contributed by atoms with Crippen LogP contribution in [0.4, 0.5) is 11.4 Å². The Morgan fingerprint density at radius 1 is 1.39 bits per heavy atom. The molecule has 0 aromatic heterocycles. The Morgan fingerprint density at radius 3 is 2.67 bits per heavy atom. The van der Waals surface area contributed by atoms with E-state index in [0.29, 0.717) is 6.04 Å². The van der Waals surface area contributed by atoms with Crippen molar-refractivity contribution in [3.63, 3.8) is 0 Å². The van der Waals surface area contributed by atoms with Gasteiger partial charge < -0.3 is 10.2 Å². The van der Waals surface area contributed by atoms with Crippen LogP contribution in [-0.2, 0) is 0 Å². The second kappa shape index (κ2) is 5.82. The molecule has 0 radical (unpaired) electrons. The zero-order valence-corrected chi connectivity index (χ0v) is 10.6. The third-order valence-corrected chi connectivity index (χ3v) is 3.41. The number of nitrogens with zero attached hydrogens (tertiary/aromatic N) is 2. The Labute approximate surface area is 107 Å². The van der Waals surface area contributed by atoms with Crippen LogP contribution in [0, 0.1) is 10.1 Å². The lowest BCUT2D eigenvalue weighted by atomic mass is 10.0. The van der Waals surface area contributed by atoms with Gasteiger partial charge in [0.1, 0.15) is 0 Å². The largest absolute Gasteiger partial charge is 0.373 e. The second-order valence-corrected chi connectivity index (χ2v) is 4.80. The summed E-state index contributed by atoms with van der Waals surface area (Å²) >= 11 is 0. The number of anilines is 1. The topological polar surface area (TPSA) is 58.4 Å². The number of benzene rings is 1. The molecule has 5 heteroatoms. The van der Waals surface area contributed by atoms with Gasteiger partial charge in [-0.2, -0.15) is 0 Å². The molecule has 1 aliphatic heterocycles. The molecule has 0 aliphatic carbocycles. The molecule has 1 aromatic rings. The van der Waals surface area contributed by atoms with E-state index in [0.717, 1.165) is 18.8 Å². The summed E-state index contributed by atoms with van der Waals surface area (Å²) in [7, 11) is 2.03. The molecule has 1 atom stereocenters. The number of nitro benzene ring substituents is 1. The van der Waals surface area contributed by atoms with Gasteiger partial charge in [0.2, 0.25) is 0 Å². The van der Waals surface area contributed by atoms with Crippen LogP contribution in [0.25, 0.3) is 0 Å². The van der Waals surface area contributed by atoms with Crippen LogP contribution in [0.1, 0.15) is 19.3 Å². The van der Waals surface area contributed by atoms with E-state index in [1.807, 2.05) is 7.05 Å². The van der Waals surface area contributed by atoms with Crippen molar-refractivity contribution in [1.29, 1.82) is 0 Å². The third-order valence-electron chi connectivity index (χ3n) is 3.41. The smallest absolute Gasteiger partial charge is 0.269 e. The van der Waals surface area contributed by atoms with E-state index in [-0.39, 0.29) is 10.6 Å². The standard InChI is InChI=1S/C13H19N3O2/c1-15(10-11-4-2-3-9-14-11)12-5-7-13(8-6-12)16(17)18/h5-8,11,14H,2-4,9-10H2,1H3. The summed E-state index contributed by atoms with van der Waals surface area (Å²) in [4.78, 5) is 12.4. The molecular weight excluding hydrogens is 230 g/mol. The SMILES string of the molecule is CN(CC1CCCCN1)c1ccc([N+](=O)[O-])cc1. The van der Waals surface area contributed by atoms with Gasteiger partial charge in [0.15, 0.2) is 0 Å². The van der Waals surface area contributed by atoms with Gasteiger partial charge in [0.05, 0.1) is 4.92 Å². The first-order valence-corrected chi connectivity index (χ1v) is 6.36. The molecule has 18 heavy (non-hydrogen) atoms. The number of rotatable bonds is 4. The van der Waals surface area contributed by atoms with Crippen molar-refractivity contribution >= 4 is 11.4 Å². The van der Waals surface area contributed by atoms with Gasteiger partial charge in [-0.1, -0.05) is 6.42 Å². The highest BCUT2D eigenvalue weighted by molar-refractivity contribution is 5.50. The Hall–Kier alpha value is -1.62. The number of piperidine rings is 1. The van der Waals surface area contributed by atoms with E-state index in [1.54, 1.807) is 24.3 Å². The predicted octanol–water partition coefficient (Wildman–Crippen LogP) is 2.17. The van der Waals surface area contributed by atoms with E-state index >= 15 is 0 Å². The zero-order chi connectivity index (χ0) is 13.0. The fourth-order valence-electron chi connectivity index (χ4n) is 2.34. The molecule has 5 nitrogen and oxygen atoms in total. The molecule has 1 unspecified atom stereocenters. The van der Waals surface area contributed by atoms with Crippen LogP contribution >= 0.6 is 0 Å². The van der Waals surface area contributed by atoms with E-state index < -0.39 is 0 Å². The number of non-ortho nitro benzene ring substituents is 1. The quantitative estimate of drug-likeness (QED) is 0.656. The number of hydrogen-bond donors (Lipinski definition) is 1. The molecule has 1 fully saturated rings. The van der Waals surface area contributed by atoms with Crippen molar-refractivity contribution in [3.05, 3.63) is 34.4 Å². The number of hydrogen-bond acceptors (Lipinski definition) is 4. The normalized spacial score (nSPS) is 19.5. The van der Waals surface area contributed by atoms with Gasteiger partial charge in [-0.05, 0) is 31.5 Å². The van der Waals surface area contributed by atoms with Crippen molar-refractivity contribution in [2.24, 2.45) is 0 Å². The molecule has 2 rings (SSSR count). The molecule has 0 bridgehead atoms. The molecule has 1 heterocycles. The molecule has 0 amide bonds. The summed E-state index contributed by atoms with van der Waals surface area (Å²) in [6.45, 7) is 2.04. The Bertz CT molecular complexity index is 399. The highest BCUT2D eigenvalue weighted by Crippen LogP contribution is 2.19. The maximum Gasteiger partial charge on any atom is 0.269 e. The van der Waals surface area contributed by atoms with Crippen LogP contribution in [-0.4, -0.2) is 31.1 Å². The minimum Gasteiger partial charge on any atom is -0.373 e. The third kappa shape index (κ3) is 3.20. The van der Waals surface area contributed by atoms with Crippen LogP contribution in [0.2, 0.25) is 0 Å². The highest BCUT2D eigenvalue weighted by Gasteiger charge is 2.15. The first-order chi connectivity index (χ1) is 8.66. The molecule has 1 N–H and O–H groups in total. The van der Waals surface area contributed by atoms with Crippen molar-refractivity contribution in [1.82, 2.24) is 5.32 Å². The first kappa shape index (κ1) is 12.8. The van der Waals surface area contributed by atoms with Gasteiger partial charge in [-0.3, -0.25) is 10.1 Å². The van der Waals surface area contributed by atoms with Gasteiger partial charge in [0, 0.05) is 37.5 Å². The summed E-state index contributed by atoms with van der Waals surface area (Å²) in [5, 5.41) is 14.1. The maximum atomic E-state index is 10.6. The van der Waals surface area contributed by atoms with Crippen molar-refractivity contribution in [3.8, 4) is 0 Å². The Morgan fingerprint density at radius 2 is 2.11 bits per heavy atom. The number of nitro groups is 1. The van der Waals surface area contributed by atoms with E-state index in [2.05, 4.69) is 10.2 Å². The van der Waals surface area contributed by atoms with Crippen LogP contribution in [0.5, 0.6) is 0 Å². The summed E-state index contributed by atoms with van der Waals surface area (Å²) in [5.74, 6) is 0. The number of nitrogens with one attached hydrogen (secondary N) is 1. The van der Waals surface area contributed by atoms with E-state index in [4.69, 9.17) is 0 Å². The van der Waals surface area contributed by atoms with Gasteiger partial charge >= 0.3 is 0 Å². The average molecular weight is 249 g/mol. The van der Waals surface area contributed by atoms with Gasteiger partial charge in [-0.25, -0.2) is 0 Å². The highest BCUT2D eigenvalue weighted by atomic mass is 16.6. The summed E-state index contributed by atoms with van der Waals surface area (Å²) in [6.07, 6.45) is 3.75. The first-order valence-electron chi connectivity index (χ1n) is 6.36. The minimum atomic E-state index is -0.369. The lowest BCUT2D eigenvalue weighted by molar-refractivity contribution is -0.384. The second-order valence-electron chi connectivity index (χ2n) is 4.80. The molecule has 98 valence electrons. The van der Waals surface area contributed by atoms with Gasteiger partial charge in [-0.15, -0.1) is 0 Å². The zero-order valence-electron chi connectivity index (χ0n) is 10.6. The maximum absolute atomic E-state index is 10.6. The molecule has 0 spiro atoms. The Kier molecular flexibility index (Phi) is 4.15. The summed E-state index contributed by atoms with van der Waals surface area (Å²) < 4.78 is 0. The van der Waals surface area contributed by atoms with Crippen molar-refractivity contribution in [2.45, 2.75) is 25.3 Å². The van der Waals surface area contributed by atoms with Crippen LogP contribution in [0.15, 0.2) is 24.3 Å². The van der Waals surface area contributed by atoms with Gasteiger partial charge in [0.25, 0.3) is 5.69 Å². The summed E-state index contributed by atoms with van der Waals surface area (Å²) in [6, 6.07) is 7.25. The van der Waals surface area contributed by atoms with Crippen LogP contribution < -0.4 is 10.2 Å². The molecular formula is C13H19N3O2. The predicted molar refractivity (Wildman–Crippen MR) is 72.0 cm³/mol. The molecule has 0 saturated carbocycles. The average Bonchev–Trinajstić information content (AvgIpc) is 2.40. The van der Waals surface area contributed by atoms with E-state index in [1.165, 1.54) is 19.3 Å². The lowest BCUT2D eigenvalue weighted by Crippen LogP contribution is -2.42. The van der Waals surface area contributed by atoms with Crippen molar-refractivity contribution in [2.75, 3.05) is 25.0 Å². The molecule has 1 saturated heterocycles. The van der Waals surface area contributed by atoms with Crippen LogP contribution in [0.3, 0.4) is 0 Å². The lowest BCUT2D eigenvalue weighted by Gasteiger charge is -2.29. The molecule has 1 aromatic carbocycles. The number of likely N-dealkylation sites (N-methyl/N-ethyl adjacent to an activating group) is 1. The van der Waals surface area contributed by atoms with Crippen molar-refractivity contribution < 1.29 is 4.92 Å². The summed E-state index contributed by atoms with van der Waals surface area (Å²) in [5.41, 5.74) is 1.16.